The van der Waals surface area contributed by atoms with Gasteiger partial charge in [-0.15, -0.1) is 11.3 Å². The number of nitrogens with zero attached hydrogens (tertiary/aromatic N) is 1. The van der Waals surface area contributed by atoms with Gasteiger partial charge in [0, 0.05) is 37.6 Å². The first-order valence-electron chi connectivity index (χ1n) is 5.10. The number of nitrogens with two attached hydrogens (primary N) is 1. The number of nitrogens with one attached hydrogen (secondary N) is 1. The minimum absolute atomic E-state index is 0.428. The summed E-state index contributed by atoms with van der Waals surface area (Å²) in [6.45, 7) is 5.11. The molecule has 14 heavy (non-hydrogen) atoms. The molecule has 0 aliphatic carbocycles. The maximum atomic E-state index is 5.84. The van der Waals surface area contributed by atoms with Crippen LogP contribution < -0.4 is 11.1 Å². The zero-order chi connectivity index (χ0) is 9.80. The van der Waals surface area contributed by atoms with E-state index >= 15 is 0 Å². The number of rotatable bonds is 3. The molecule has 0 amide bonds. The van der Waals surface area contributed by atoms with Crippen LogP contribution in [-0.4, -0.2) is 37.6 Å². The summed E-state index contributed by atoms with van der Waals surface area (Å²) in [5.74, 6) is 0. The fourth-order valence-corrected chi connectivity index (χ4v) is 2.79. The van der Waals surface area contributed by atoms with Gasteiger partial charge in [0.25, 0.3) is 0 Å². The van der Waals surface area contributed by atoms with Gasteiger partial charge in [0.15, 0.2) is 0 Å². The van der Waals surface area contributed by atoms with Crippen molar-refractivity contribution in [3.8, 4) is 0 Å². The van der Waals surface area contributed by atoms with Gasteiger partial charge in [-0.25, -0.2) is 0 Å². The average molecular weight is 211 g/mol. The highest BCUT2D eigenvalue weighted by Gasteiger charge is 2.21. The van der Waals surface area contributed by atoms with Crippen molar-refractivity contribution in [1.82, 2.24) is 10.2 Å². The summed E-state index contributed by atoms with van der Waals surface area (Å²) in [6.07, 6.45) is 0. The predicted octanol–water partition coefficient (Wildman–Crippen LogP) is 0.653. The van der Waals surface area contributed by atoms with E-state index < -0.39 is 0 Å². The van der Waals surface area contributed by atoms with Gasteiger partial charge < -0.3 is 11.1 Å². The SMILES string of the molecule is NCC(c1cccs1)N1CCNCC1. The van der Waals surface area contributed by atoms with Gasteiger partial charge in [-0.2, -0.15) is 0 Å². The van der Waals surface area contributed by atoms with Gasteiger partial charge >= 0.3 is 0 Å². The van der Waals surface area contributed by atoms with Crippen molar-refractivity contribution in [1.29, 1.82) is 0 Å². The molecule has 1 fully saturated rings. The van der Waals surface area contributed by atoms with Gasteiger partial charge in [-0.05, 0) is 11.4 Å². The van der Waals surface area contributed by atoms with E-state index in [4.69, 9.17) is 5.73 Å². The molecule has 0 saturated carbocycles. The van der Waals surface area contributed by atoms with Gasteiger partial charge in [-0.3, -0.25) is 4.90 Å². The lowest BCUT2D eigenvalue weighted by Crippen LogP contribution is -2.46. The van der Waals surface area contributed by atoms with Crippen LogP contribution in [0.3, 0.4) is 0 Å². The maximum absolute atomic E-state index is 5.84. The van der Waals surface area contributed by atoms with Gasteiger partial charge in [0.1, 0.15) is 0 Å². The van der Waals surface area contributed by atoms with Crippen molar-refractivity contribution < 1.29 is 0 Å². The monoisotopic (exact) mass is 211 g/mol. The van der Waals surface area contributed by atoms with Crippen LogP contribution in [0.25, 0.3) is 0 Å². The van der Waals surface area contributed by atoms with E-state index in [9.17, 15) is 0 Å². The van der Waals surface area contributed by atoms with E-state index in [0.29, 0.717) is 6.04 Å². The summed E-state index contributed by atoms with van der Waals surface area (Å²) < 4.78 is 0. The first kappa shape index (κ1) is 10.1. The second-order valence-corrected chi connectivity index (χ2v) is 4.53. The predicted molar refractivity (Wildman–Crippen MR) is 60.6 cm³/mol. The topological polar surface area (TPSA) is 41.3 Å². The molecular formula is C10H17N3S. The van der Waals surface area contributed by atoms with E-state index in [1.54, 1.807) is 0 Å². The summed E-state index contributed by atoms with van der Waals surface area (Å²) in [5, 5.41) is 5.49. The highest BCUT2D eigenvalue weighted by molar-refractivity contribution is 7.10. The summed E-state index contributed by atoms with van der Waals surface area (Å²) in [7, 11) is 0. The Labute approximate surface area is 88.9 Å². The molecule has 0 aromatic carbocycles. The minimum atomic E-state index is 0.428. The van der Waals surface area contributed by atoms with Crippen LogP contribution in [-0.2, 0) is 0 Å². The highest BCUT2D eigenvalue weighted by Crippen LogP contribution is 2.24. The smallest absolute Gasteiger partial charge is 0.0565 e. The molecule has 3 nitrogen and oxygen atoms in total. The Morgan fingerprint density at radius 1 is 1.50 bits per heavy atom. The lowest BCUT2D eigenvalue weighted by molar-refractivity contribution is 0.180. The van der Waals surface area contributed by atoms with Crippen LogP contribution >= 0.6 is 11.3 Å². The van der Waals surface area contributed by atoms with Crippen molar-refractivity contribution in [2.75, 3.05) is 32.7 Å². The summed E-state index contributed by atoms with van der Waals surface area (Å²) >= 11 is 1.81. The molecule has 1 unspecified atom stereocenters. The lowest BCUT2D eigenvalue weighted by atomic mass is 10.2. The first-order valence-corrected chi connectivity index (χ1v) is 5.98. The second-order valence-electron chi connectivity index (χ2n) is 3.55. The van der Waals surface area contributed by atoms with Crippen LogP contribution in [0.1, 0.15) is 10.9 Å². The molecule has 3 N–H and O–H groups in total. The van der Waals surface area contributed by atoms with Crippen molar-refractivity contribution in [2.45, 2.75) is 6.04 Å². The van der Waals surface area contributed by atoms with Crippen molar-refractivity contribution in [3.63, 3.8) is 0 Å². The Bertz CT molecular complexity index is 254. The Morgan fingerprint density at radius 3 is 2.86 bits per heavy atom. The van der Waals surface area contributed by atoms with E-state index in [0.717, 1.165) is 32.7 Å². The minimum Gasteiger partial charge on any atom is -0.329 e. The zero-order valence-electron chi connectivity index (χ0n) is 8.28. The van der Waals surface area contributed by atoms with Crippen LogP contribution in [0, 0.1) is 0 Å². The largest absolute Gasteiger partial charge is 0.329 e. The zero-order valence-corrected chi connectivity index (χ0v) is 9.09. The van der Waals surface area contributed by atoms with E-state index in [2.05, 4.69) is 27.7 Å². The van der Waals surface area contributed by atoms with Gasteiger partial charge in [0.2, 0.25) is 0 Å². The van der Waals surface area contributed by atoms with E-state index in [-0.39, 0.29) is 0 Å². The molecule has 1 aliphatic heterocycles. The number of hydrogen-bond acceptors (Lipinski definition) is 4. The Morgan fingerprint density at radius 2 is 2.29 bits per heavy atom. The molecule has 0 spiro atoms. The number of piperazine rings is 1. The van der Waals surface area contributed by atoms with E-state index in [1.165, 1.54) is 4.88 Å². The second kappa shape index (κ2) is 4.89. The van der Waals surface area contributed by atoms with E-state index in [1.807, 2.05) is 11.3 Å². The molecule has 0 bridgehead atoms. The summed E-state index contributed by atoms with van der Waals surface area (Å²) in [4.78, 5) is 3.87. The summed E-state index contributed by atoms with van der Waals surface area (Å²) in [5.41, 5.74) is 5.84. The molecular weight excluding hydrogens is 194 g/mol. The van der Waals surface area contributed by atoms with Crippen LogP contribution in [0.2, 0.25) is 0 Å². The Hall–Kier alpha value is -0.420. The molecule has 4 heteroatoms. The molecule has 1 aromatic rings. The molecule has 0 radical (unpaired) electrons. The van der Waals surface area contributed by atoms with Crippen molar-refractivity contribution in [3.05, 3.63) is 22.4 Å². The molecule has 1 aliphatic rings. The quantitative estimate of drug-likeness (QED) is 0.771. The molecule has 78 valence electrons. The highest BCUT2D eigenvalue weighted by atomic mass is 32.1. The van der Waals surface area contributed by atoms with Crippen LogP contribution in [0.5, 0.6) is 0 Å². The fourth-order valence-electron chi connectivity index (χ4n) is 1.92. The van der Waals surface area contributed by atoms with Crippen LogP contribution in [0.4, 0.5) is 0 Å². The lowest BCUT2D eigenvalue weighted by Gasteiger charge is -2.33. The van der Waals surface area contributed by atoms with Crippen molar-refractivity contribution >= 4 is 11.3 Å². The molecule has 1 aromatic heterocycles. The standard InChI is InChI=1S/C10H17N3S/c11-8-9(10-2-1-7-14-10)13-5-3-12-4-6-13/h1-2,7,9,12H,3-6,8,11H2. The third-order valence-corrected chi connectivity index (χ3v) is 3.66. The average Bonchev–Trinajstić information content (AvgIpc) is 2.74. The third-order valence-electron chi connectivity index (χ3n) is 2.69. The molecule has 2 rings (SSSR count). The fraction of sp³-hybridized carbons (Fsp3) is 0.600. The van der Waals surface area contributed by atoms with Gasteiger partial charge in [-0.1, -0.05) is 6.07 Å². The maximum Gasteiger partial charge on any atom is 0.0565 e. The van der Waals surface area contributed by atoms with Crippen molar-refractivity contribution in [2.24, 2.45) is 5.73 Å². The summed E-state index contributed by atoms with van der Waals surface area (Å²) in [6, 6.07) is 4.71. The van der Waals surface area contributed by atoms with Gasteiger partial charge in [0.05, 0.1) is 6.04 Å². The first-order chi connectivity index (χ1) is 6.92. The third kappa shape index (κ3) is 2.15. The molecule has 1 saturated heterocycles. The Balaban J connectivity index is 2.04. The van der Waals surface area contributed by atoms with Crippen LogP contribution in [0.15, 0.2) is 17.5 Å². The normalized spacial score (nSPS) is 20.9. The molecule has 1 atom stereocenters. The molecule has 2 heterocycles. The number of hydrogen-bond donors (Lipinski definition) is 2. The Kier molecular flexibility index (Phi) is 3.53. The number of thiophene rings is 1.